The van der Waals surface area contributed by atoms with Crippen molar-refractivity contribution in [2.75, 3.05) is 26.7 Å². The zero-order valence-corrected chi connectivity index (χ0v) is 8.99. The van der Waals surface area contributed by atoms with Crippen molar-refractivity contribution in [3.63, 3.8) is 0 Å². The highest BCUT2D eigenvalue weighted by molar-refractivity contribution is 5.91. The molecule has 0 bridgehead atoms. The average Bonchev–Trinajstić information content (AvgIpc) is 2.79. The minimum Gasteiger partial charge on any atom is -0.399 e. The minimum atomic E-state index is 0.0291. The van der Waals surface area contributed by atoms with Crippen LogP contribution in [0.25, 0.3) is 0 Å². The van der Waals surface area contributed by atoms with E-state index >= 15 is 0 Å². The molecular weight excluding hydrogens is 178 g/mol. The maximum atomic E-state index is 6.23. The number of nitrogens with two attached hydrogens (primary N) is 1. The molecule has 0 radical (unpaired) electrons. The SMILES string of the molecule is CCN1C/C(=N/OC)C(C2(N)CC2)C1. The van der Waals surface area contributed by atoms with Crippen LogP contribution in [-0.4, -0.2) is 42.9 Å². The fraction of sp³-hybridized carbons (Fsp3) is 0.900. The molecule has 0 aromatic heterocycles. The van der Waals surface area contributed by atoms with Gasteiger partial charge in [-0.15, -0.1) is 0 Å². The van der Waals surface area contributed by atoms with Gasteiger partial charge in [-0.25, -0.2) is 0 Å². The summed E-state index contributed by atoms with van der Waals surface area (Å²) in [5, 5.41) is 4.10. The van der Waals surface area contributed by atoms with Crippen LogP contribution in [0, 0.1) is 5.92 Å². The molecular formula is C10H19N3O. The Balaban J connectivity index is 2.10. The van der Waals surface area contributed by atoms with Gasteiger partial charge in [-0.05, 0) is 19.4 Å². The highest BCUT2D eigenvalue weighted by atomic mass is 16.6. The largest absolute Gasteiger partial charge is 0.399 e. The summed E-state index contributed by atoms with van der Waals surface area (Å²) in [6.07, 6.45) is 2.27. The van der Waals surface area contributed by atoms with Gasteiger partial charge in [-0.1, -0.05) is 12.1 Å². The molecule has 2 N–H and O–H groups in total. The van der Waals surface area contributed by atoms with Crippen LogP contribution in [0.15, 0.2) is 5.16 Å². The third-order valence-electron chi connectivity index (χ3n) is 3.41. The Morgan fingerprint density at radius 2 is 2.36 bits per heavy atom. The molecule has 1 aliphatic carbocycles. The summed E-state index contributed by atoms with van der Waals surface area (Å²) in [4.78, 5) is 7.25. The van der Waals surface area contributed by atoms with Gasteiger partial charge in [0.05, 0.1) is 5.71 Å². The second-order valence-corrected chi connectivity index (χ2v) is 4.38. The minimum absolute atomic E-state index is 0.0291. The lowest BCUT2D eigenvalue weighted by Gasteiger charge is -2.18. The van der Waals surface area contributed by atoms with Crippen LogP contribution in [0.4, 0.5) is 0 Å². The highest BCUT2D eigenvalue weighted by Crippen LogP contribution is 2.42. The molecule has 4 heteroatoms. The van der Waals surface area contributed by atoms with Crippen molar-refractivity contribution < 1.29 is 4.84 Å². The number of rotatable bonds is 3. The first-order valence-electron chi connectivity index (χ1n) is 5.31. The van der Waals surface area contributed by atoms with Crippen LogP contribution in [0.1, 0.15) is 19.8 Å². The number of likely N-dealkylation sites (tertiary alicyclic amines) is 1. The maximum absolute atomic E-state index is 6.23. The van der Waals surface area contributed by atoms with E-state index in [1.807, 2.05) is 0 Å². The number of hydrogen-bond acceptors (Lipinski definition) is 4. The van der Waals surface area contributed by atoms with E-state index in [1.165, 1.54) is 0 Å². The third kappa shape index (κ3) is 1.64. The standard InChI is InChI=1S/C10H19N3O/c1-3-13-6-8(10(11)4-5-10)9(7-13)12-14-2/h8H,3-7,11H2,1-2H3/b12-9-. The topological polar surface area (TPSA) is 50.8 Å². The van der Waals surface area contributed by atoms with Gasteiger partial charge in [0.2, 0.25) is 0 Å². The van der Waals surface area contributed by atoms with Gasteiger partial charge in [0.15, 0.2) is 0 Å². The Morgan fingerprint density at radius 3 is 2.86 bits per heavy atom. The molecule has 1 heterocycles. The Labute approximate surface area is 85.1 Å². The van der Waals surface area contributed by atoms with Crippen molar-refractivity contribution in [1.82, 2.24) is 4.90 Å². The molecule has 0 aromatic carbocycles. The van der Waals surface area contributed by atoms with E-state index in [1.54, 1.807) is 7.11 Å². The van der Waals surface area contributed by atoms with Gasteiger partial charge >= 0.3 is 0 Å². The Bertz CT molecular complexity index is 248. The molecule has 1 saturated carbocycles. The second kappa shape index (κ2) is 3.51. The summed E-state index contributed by atoms with van der Waals surface area (Å²) >= 11 is 0. The van der Waals surface area contributed by atoms with Crippen LogP contribution in [0.3, 0.4) is 0 Å². The number of oxime groups is 1. The van der Waals surface area contributed by atoms with Crippen molar-refractivity contribution in [2.24, 2.45) is 16.8 Å². The van der Waals surface area contributed by atoms with Crippen molar-refractivity contribution in [3.8, 4) is 0 Å². The Morgan fingerprint density at radius 1 is 1.64 bits per heavy atom. The van der Waals surface area contributed by atoms with Gasteiger partial charge in [0.25, 0.3) is 0 Å². The highest BCUT2D eigenvalue weighted by Gasteiger charge is 2.51. The summed E-state index contributed by atoms with van der Waals surface area (Å²) in [6.45, 7) is 5.21. The molecule has 4 nitrogen and oxygen atoms in total. The summed E-state index contributed by atoms with van der Waals surface area (Å²) in [5.41, 5.74) is 7.39. The van der Waals surface area contributed by atoms with Crippen molar-refractivity contribution in [1.29, 1.82) is 0 Å². The van der Waals surface area contributed by atoms with E-state index < -0.39 is 0 Å². The normalized spacial score (nSPS) is 33.6. The lowest BCUT2D eigenvalue weighted by molar-refractivity contribution is 0.210. The maximum Gasteiger partial charge on any atom is 0.106 e. The average molecular weight is 197 g/mol. The molecule has 0 aromatic rings. The van der Waals surface area contributed by atoms with Crippen LogP contribution in [-0.2, 0) is 4.84 Å². The van der Waals surface area contributed by atoms with E-state index in [0.717, 1.165) is 38.2 Å². The van der Waals surface area contributed by atoms with Crippen LogP contribution < -0.4 is 5.73 Å². The van der Waals surface area contributed by atoms with Crippen molar-refractivity contribution in [3.05, 3.63) is 0 Å². The van der Waals surface area contributed by atoms with E-state index in [0.29, 0.717) is 5.92 Å². The molecule has 1 unspecified atom stereocenters. The predicted octanol–water partition coefficient (Wildman–Crippen LogP) is 0.432. The molecule has 0 amide bonds. The first-order chi connectivity index (χ1) is 6.69. The van der Waals surface area contributed by atoms with Crippen molar-refractivity contribution in [2.45, 2.75) is 25.3 Å². The summed E-state index contributed by atoms with van der Waals surface area (Å²) in [5.74, 6) is 0.419. The van der Waals surface area contributed by atoms with Gasteiger partial charge in [-0.3, -0.25) is 4.90 Å². The Kier molecular flexibility index (Phi) is 2.49. The third-order valence-corrected chi connectivity index (χ3v) is 3.41. The summed E-state index contributed by atoms with van der Waals surface area (Å²) < 4.78 is 0. The smallest absolute Gasteiger partial charge is 0.106 e. The molecule has 80 valence electrons. The molecule has 2 rings (SSSR count). The first-order valence-corrected chi connectivity index (χ1v) is 5.31. The van der Waals surface area contributed by atoms with Crippen LogP contribution in [0.2, 0.25) is 0 Å². The molecule has 2 fully saturated rings. The second-order valence-electron chi connectivity index (χ2n) is 4.38. The first kappa shape index (κ1) is 9.93. The van der Waals surface area contributed by atoms with Gasteiger partial charge in [0.1, 0.15) is 7.11 Å². The number of hydrogen-bond donors (Lipinski definition) is 1. The lowest BCUT2D eigenvalue weighted by Crippen LogP contribution is -2.37. The monoisotopic (exact) mass is 197 g/mol. The van der Waals surface area contributed by atoms with E-state index in [2.05, 4.69) is 17.0 Å². The van der Waals surface area contributed by atoms with E-state index in [9.17, 15) is 0 Å². The van der Waals surface area contributed by atoms with Crippen molar-refractivity contribution >= 4 is 5.71 Å². The Hall–Kier alpha value is -0.610. The lowest BCUT2D eigenvalue weighted by atomic mass is 9.96. The van der Waals surface area contributed by atoms with E-state index in [4.69, 9.17) is 10.6 Å². The molecule has 14 heavy (non-hydrogen) atoms. The zero-order valence-electron chi connectivity index (χ0n) is 8.99. The fourth-order valence-corrected chi connectivity index (χ4v) is 2.22. The van der Waals surface area contributed by atoms with Gasteiger partial charge in [-0.2, -0.15) is 0 Å². The molecule has 0 spiro atoms. The summed E-state index contributed by atoms with van der Waals surface area (Å²) in [6, 6.07) is 0. The number of nitrogens with zero attached hydrogens (tertiary/aromatic N) is 2. The predicted molar refractivity (Wildman–Crippen MR) is 56.2 cm³/mol. The van der Waals surface area contributed by atoms with Gasteiger partial charge < -0.3 is 10.6 Å². The van der Waals surface area contributed by atoms with Crippen LogP contribution >= 0.6 is 0 Å². The van der Waals surface area contributed by atoms with E-state index in [-0.39, 0.29) is 5.54 Å². The quantitative estimate of drug-likeness (QED) is 0.668. The fourth-order valence-electron chi connectivity index (χ4n) is 2.22. The van der Waals surface area contributed by atoms with Gasteiger partial charge in [0, 0.05) is 24.5 Å². The molecule has 1 aliphatic heterocycles. The zero-order chi connectivity index (χ0) is 10.2. The molecule has 2 aliphatic rings. The molecule has 1 saturated heterocycles. The van der Waals surface area contributed by atoms with Crippen LogP contribution in [0.5, 0.6) is 0 Å². The summed E-state index contributed by atoms with van der Waals surface area (Å²) in [7, 11) is 1.61. The molecule has 1 atom stereocenters.